The molecule has 1 aromatic rings. The number of thioether (sulfide) groups is 1. The lowest BCUT2D eigenvalue weighted by Crippen LogP contribution is -2.31. The zero-order valence-electron chi connectivity index (χ0n) is 13.5. The zero-order valence-corrected chi connectivity index (χ0v) is 14.3. The van der Waals surface area contributed by atoms with E-state index in [1.807, 2.05) is 11.8 Å². The molecule has 1 unspecified atom stereocenters. The van der Waals surface area contributed by atoms with Crippen molar-refractivity contribution in [2.45, 2.75) is 70.2 Å². The van der Waals surface area contributed by atoms with Gasteiger partial charge in [0.25, 0.3) is 0 Å². The number of hydrogen-bond donors (Lipinski definition) is 1. The third-order valence-electron chi connectivity index (χ3n) is 3.59. The van der Waals surface area contributed by atoms with Crippen LogP contribution in [0.1, 0.15) is 57.9 Å². The fourth-order valence-electron chi connectivity index (χ4n) is 2.43. The van der Waals surface area contributed by atoms with Gasteiger partial charge < -0.3 is 5.32 Å². The molecule has 20 heavy (non-hydrogen) atoms. The van der Waals surface area contributed by atoms with Crippen molar-refractivity contribution < 1.29 is 0 Å². The summed E-state index contributed by atoms with van der Waals surface area (Å²) in [5.41, 5.74) is 1.36. The van der Waals surface area contributed by atoms with E-state index in [0.717, 1.165) is 6.54 Å². The number of benzene rings is 1. The van der Waals surface area contributed by atoms with E-state index in [1.54, 1.807) is 0 Å². The second-order valence-electron chi connectivity index (χ2n) is 5.59. The molecule has 1 rings (SSSR count). The maximum Gasteiger partial charge on any atom is 0.0161 e. The van der Waals surface area contributed by atoms with Gasteiger partial charge in [-0.25, -0.2) is 0 Å². The van der Waals surface area contributed by atoms with Crippen LogP contribution in [0.15, 0.2) is 29.2 Å². The molecule has 1 N–H and O–H groups in total. The molecule has 0 spiro atoms. The van der Waals surface area contributed by atoms with E-state index < -0.39 is 0 Å². The van der Waals surface area contributed by atoms with Gasteiger partial charge in [-0.1, -0.05) is 63.6 Å². The van der Waals surface area contributed by atoms with Crippen molar-refractivity contribution in [2.75, 3.05) is 12.3 Å². The Hall–Kier alpha value is -0.470. The van der Waals surface area contributed by atoms with Crippen molar-refractivity contribution in [1.82, 2.24) is 5.32 Å². The summed E-state index contributed by atoms with van der Waals surface area (Å²) < 4.78 is 0. The molecular weight excluding hydrogens is 262 g/mol. The molecule has 114 valence electrons. The SMILES string of the molecule is CCCCCCCC(CSc1cccc(C)c1)NCC. The minimum Gasteiger partial charge on any atom is -0.313 e. The van der Waals surface area contributed by atoms with Gasteiger partial charge in [-0.05, 0) is 32.0 Å². The summed E-state index contributed by atoms with van der Waals surface area (Å²) in [6.07, 6.45) is 8.21. The first-order valence-corrected chi connectivity index (χ1v) is 9.17. The van der Waals surface area contributed by atoms with Crippen LogP contribution in [0.3, 0.4) is 0 Å². The minimum atomic E-state index is 0.659. The summed E-state index contributed by atoms with van der Waals surface area (Å²) >= 11 is 1.99. The maximum absolute atomic E-state index is 3.64. The zero-order chi connectivity index (χ0) is 14.6. The molecule has 0 bridgehead atoms. The van der Waals surface area contributed by atoms with Gasteiger partial charge in [-0.2, -0.15) is 0 Å². The van der Waals surface area contributed by atoms with Gasteiger partial charge >= 0.3 is 0 Å². The lowest BCUT2D eigenvalue weighted by Gasteiger charge is -2.17. The molecule has 0 radical (unpaired) electrons. The Labute approximate surface area is 129 Å². The monoisotopic (exact) mass is 293 g/mol. The van der Waals surface area contributed by atoms with E-state index in [-0.39, 0.29) is 0 Å². The molecule has 0 fully saturated rings. The minimum absolute atomic E-state index is 0.659. The molecular formula is C18H31NS. The van der Waals surface area contributed by atoms with E-state index in [9.17, 15) is 0 Å². The highest BCUT2D eigenvalue weighted by Gasteiger charge is 2.07. The Morgan fingerprint density at radius 1 is 1.10 bits per heavy atom. The number of unbranched alkanes of at least 4 members (excludes halogenated alkanes) is 4. The molecule has 0 aromatic heterocycles. The van der Waals surface area contributed by atoms with Crippen LogP contribution in [-0.4, -0.2) is 18.3 Å². The van der Waals surface area contributed by atoms with Crippen molar-refractivity contribution in [2.24, 2.45) is 0 Å². The van der Waals surface area contributed by atoms with Gasteiger partial charge in [0.15, 0.2) is 0 Å². The van der Waals surface area contributed by atoms with Gasteiger partial charge in [0.2, 0.25) is 0 Å². The normalized spacial score (nSPS) is 12.6. The molecule has 0 aliphatic rings. The number of aryl methyl sites for hydroxylation is 1. The van der Waals surface area contributed by atoms with Gasteiger partial charge in [-0.15, -0.1) is 11.8 Å². The highest BCUT2D eigenvalue weighted by Crippen LogP contribution is 2.21. The Morgan fingerprint density at radius 2 is 1.90 bits per heavy atom. The average molecular weight is 294 g/mol. The van der Waals surface area contributed by atoms with E-state index in [2.05, 4.69) is 50.4 Å². The molecule has 0 aliphatic carbocycles. The Balaban J connectivity index is 2.27. The highest BCUT2D eigenvalue weighted by molar-refractivity contribution is 7.99. The third kappa shape index (κ3) is 7.96. The lowest BCUT2D eigenvalue weighted by atomic mass is 10.1. The van der Waals surface area contributed by atoms with Gasteiger partial charge in [0.05, 0.1) is 0 Å². The first-order chi connectivity index (χ1) is 9.76. The summed E-state index contributed by atoms with van der Waals surface area (Å²) in [7, 11) is 0. The second-order valence-corrected chi connectivity index (χ2v) is 6.68. The van der Waals surface area contributed by atoms with Crippen molar-refractivity contribution in [3.8, 4) is 0 Å². The fraction of sp³-hybridized carbons (Fsp3) is 0.667. The Bertz CT molecular complexity index is 351. The van der Waals surface area contributed by atoms with Crippen LogP contribution >= 0.6 is 11.8 Å². The summed E-state index contributed by atoms with van der Waals surface area (Å²) in [5, 5.41) is 3.64. The van der Waals surface area contributed by atoms with Crippen LogP contribution in [0, 0.1) is 6.92 Å². The third-order valence-corrected chi connectivity index (χ3v) is 4.75. The van der Waals surface area contributed by atoms with Gasteiger partial charge in [-0.3, -0.25) is 0 Å². The predicted octanol–water partition coefficient (Wildman–Crippen LogP) is 5.43. The highest BCUT2D eigenvalue weighted by atomic mass is 32.2. The van der Waals surface area contributed by atoms with Crippen molar-refractivity contribution in [3.63, 3.8) is 0 Å². The Morgan fingerprint density at radius 3 is 2.60 bits per heavy atom. The van der Waals surface area contributed by atoms with Crippen LogP contribution in [0.25, 0.3) is 0 Å². The van der Waals surface area contributed by atoms with Crippen LogP contribution in [0.4, 0.5) is 0 Å². The first-order valence-electron chi connectivity index (χ1n) is 8.19. The molecule has 0 saturated heterocycles. The summed E-state index contributed by atoms with van der Waals surface area (Å²) in [6.45, 7) is 7.73. The van der Waals surface area contributed by atoms with E-state index >= 15 is 0 Å². The van der Waals surface area contributed by atoms with Gasteiger partial charge in [0.1, 0.15) is 0 Å². The van der Waals surface area contributed by atoms with Crippen molar-refractivity contribution in [3.05, 3.63) is 29.8 Å². The van der Waals surface area contributed by atoms with Gasteiger partial charge in [0, 0.05) is 16.7 Å². The van der Waals surface area contributed by atoms with Crippen LogP contribution in [0.2, 0.25) is 0 Å². The summed E-state index contributed by atoms with van der Waals surface area (Å²) in [5.74, 6) is 1.19. The number of nitrogens with one attached hydrogen (secondary N) is 1. The largest absolute Gasteiger partial charge is 0.313 e. The quantitative estimate of drug-likeness (QED) is 0.431. The summed E-state index contributed by atoms with van der Waals surface area (Å²) in [6, 6.07) is 9.49. The molecule has 0 heterocycles. The average Bonchev–Trinajstić information content (AvgIpc) is 2.44. The fourth-order valence-corrected chi connectivity index (χ4v) is 3.55. The molecule has 2 heteroatoms. The molecule has 0 aliphatic heterocycles. The maximum atomic E-state index is 3.64. The molecule has 1 aromatic carbocycles. The molecule has 1 atom stereocenters. The molecule has 1 nitrogen and oxygen atoms in total. The topological polar surface area (TPSA) is 12.0 Å². The van der Waals surface area contributed by atoms with E-state index in [1.165, 1.54) is 54.7 Å². The molecule has 0 saturated carbocycles. The predicted molar refractivity (Wildman–Crippen MR) is 92.7 cm³/mol. The number of hydrogen-bond acceptors (Lipinski definition) is 2. The van der Waals surface area contributed by atoms with Crippen LogP contribution < -0.4 is 5.32 Å². The van der Waals surface area contributed by atoms with E-state index in [0.29, 0.717) is 6.04 Å². The van der Waals surface area contributed by atoms with Crippen molar-refractivity contribution >= 4 is 11.8 Å². The smallest absolute Gasteiger partial charge is 0.0161 e. The van der Waals surface area contributed by atoms with Crippen LogP contribution in [-0.2, 0) is 0 Å². The van der Waals surface area contributed by atoms with Crippen LogP contribution in [0.5, 0.6) is 0 Å². The van der Waals surface area contributed by atoms with E-state index in [4.69, 9.17) is 0 Å². The standard InChI is InChI=1S/C18H31NS/c1-4-6-7-8-9-12-17(19-5-2)15-20-18-13-10-11-16(3)14-18/h10-11,13-14,17,19H,4-9,12,15H2,1-3H3. The van der Waals surface area contributed by atoms with Crippen molar-refractivity contribution in [1.29, 1.82) is 0 Å². The molecule has 0 amide bonds. The lowest BCUT2D eigenvalue weighted by molar-refractivity contribution is 0.496. The first kappa shape index (κ1) is 17.6. The number of rotatable bonds is 11. The second kappa shape index (κ2) is 11.2. The summed E-state index contributed by atoms with van der Waals surface area (Å²) in [4.78, 5) is 1.40. The Kier molecular flexibility index (Phi) is 9.86.